The first-order valence-electron chi connectivity index (χ1n) is 8.21. The molecule has 2 amide bonds. The van der Waals surface area contributed by atoms with E-state index in [-0.39, 0.29) is 11.5 Å². The third-order valence-electron chi connectivity index (χ3n) is 3.71. The highest BCUT2D eigenvalue weighted by Crippen LogP contribution is 2.36. The van der Waals surface area contributed by atoms with E-state index in [2.05, 4.69) is 6.58 Å². The zero-order valence-electron chi connectivity index (χ0n) is 15.4. The van der Waals surface area contributed by atoms with Crippen molar-refractivity contribution < 1.29 is 28.6 Å². The van der Waals surface area contributed by atoms with Crippen molar-refractivity contribution in [2.45, 2.75) is 13.3 Å². The molecule has 0 atom stereocenters. The minimum atomic E-state index is -0.625. The quantitative estimate of drug-likeness (QED) is 0.383. The third kappa shape index (κ3) is 4.71. The van der Waals surface area contributed by atoms with Crippen LogP contribution < -0.4 is 9.47 Å². The van der Waals surface area contributed by atoms with Crippen LogP contribution in [0.1, 0.15) is 18.1 Å². The SMILES string of the molecule is C=CCc1cc(/C=C2\SC(=O)N(CC(=O)OCC)C2=O)cc(OC)c1OC. The maximum absolute atomic E-state index is 12.5. The molecule has 0 unspecified atom stereocenters. The van der Waals surface area contributed by atoms with Crippen molar-refractivity contribution >= 4 is 35.0 Å². The minimum Gasteiger partial charge on any atom is -0.493 e. The van der Waals surface area contributed by atoms with Crippen molar-refractivity contribution in [3.8, 4) is 11.5 Å². The van der Waals surface area contributed by atoms with Gasteiger partial charge in [-0.1, -0.05) is 6.08 Å². The van der Waals surface area contributed by atoms with Crippen LogP contribution >= 0.6 is 11.8 Å². The lowest BCUT2D eigenvalue weighted by Gasteiger charge is -2.13. The van der Waals surface area contributed by atoms with Gasteiger partial charge in [-0.15, -0.1) is 6.58 Å². The number of hydrogen-bond donors (Lipinski definition) is 0. The second-order valence-corrected chi connectivity index (χ2v) is 6.47. The van der Waals surface area contributed by atoms with Gasteiger partial charge in [-0.25, -0.2) is 0 Å². The molecule has 0 radical (unpaired) electrons. The van der Waals surface area contributed by atoms with Gasteiger partial charge in [-0.2, -0.15) is 0 Å². The van der Waals surface area contributed by atoms with E-state index in [0.717, 1.165) is 22.2 Å². The molecule has 1 saturated heterocycles. The third-order valence-corrected chi connectivity index (χ3v) is 4.61. The Kier molecular flexibility index (Phi) is 7.06. The fourth-order valence-electron chi connectivity index (χ4n) is 2.58. The van der Waals surface area contributed by atoms with E-state index in [0.29, 0.717) is 23.5 Å². The summed E-state index contributed by atoms with van der Waals surface area (Å²) in [5.41, 5.74) is 1.51. The Balaban J connectivity index is 2.34. The van der Waals surface area contributed by atoms with Crippen LogP contribution in [0.5, 0.6) is 11.5 Å². The van der Waals surface area contributed by atoms with E-state index < -0.39 is 23.7 Å². The number of allylic oxidation sites excluding steroid dienone is 1. The molecule has 1 aliphatic heterocycles. The number of amides is 2. The number of imide groups is 1. The predicted octanol–water partition coefficient (Wildman–Crippen LogP) is 3.03. The second kappa shape index (κ2) is 9.27. The molecule has 0 aliphatic carbocycles. The summed E-state index contributed by atoms with van der Waals surface area (Å²) in [4.78, 5) is 37.3. The number of esters is 1. The van der Waals surface area contributed by atoms with Gasteiger partial charge in [0.1, 0.15) is 6.54 Å². The molecule has 7 nitrogen and oxygen atoms in total. The fraction of sp³-hybridized carbons (Fsp3) is 0.316. The van der Waals surface area contributed by atoms with E-state index >= 15 is 0 Å². The Bertz CT molecular complexity index is 802. The van der Waals surface area contributed by atoms with E-state index in [1.165, 1.54) is 7.11 Å². The summed E-state index contributed by atoms with van der Waals surface area (Å²) in [7, 11) is 3.07. The number of carbonyl (C=O) groups is 3. The molecule has 0 spiro atoms. The van der Waals surface area contributed by atoms with Gasteiger partial charge in [-0.3, -0.25) is 19.3 Å². The molecule has 1 fully saturated rings. The van der Waals surface area contributed by atoms with Gasteiger partial charge in [0.2, 0.25) is 0 Å². The average molecular weight is 391 g/mol. The first-order chi connectivity index (χ1) is 12.9. The largest absolute Gasteiger partial charge is 0.493 e. The lowest BCUT2D eigenvalue weighted by atomic mass is 10.0. The average Bonchev–Trinajstić information content (AvgIpc) is 2.89. The summed E-state index contributed by atoms with van der Waals surface area (Å²) in [6.45, 7) is 5.17. The van der Waals surface area contributed by atoms with Crippen molar-refractivity contribution in [3.63, 3.8) is 0 Å². The Morgan fingerprint density at radius 1 is 1.26 bits per heavy atom. The topological polar surface area (TPSA) is 82.1 Å². The number of nitrogens with zero attached hydrogens (tertiary/aromatic N) is 1. The Morgan fingerprint density at radius 2 is 2.00 bits per heavy atom. The van der Waals surface area contributed by atoms with Crippen LogP contribution in [-0.2, 0) is 20.7 Å². The van der Waals surface area contributed by atoms with Crippen molar-refractivity contribution in [3.05, 3.63) is 40.8 Å². The van der Waals surface area contributed by atoms with Crippen LogP contribution in [0.4, 0.5) is 4.79 Å². The standard InChI is InChI=1S/C19H21NO6S/c1-5-7-13-8-12(9-14(24-3)17(13)25-4)10-15-18(22)20(19(23)27-15)11-16(21)26-6-2/h5,8-10H,1,6-7,11H2,2-4H3/b15-10-. The van der Waals surface area contributed by atoms with Crippen LogP contribution in [-0.4, -0.2) is 49.4 Å². The summed E-state index contributed by atoms with van der Waals surface area (Å²) in [6.07, 6.45) is 3.87. The van der Waals surface area contributed by atoms with E-state index in [9.17, 15) is 14.4 Å². The highest BCUT2D eigenvalue weighted by atomic mass is 32.2. The monoisotopic (exact) mass is 391 g/mol. The van der Waals surface area contributed by atoms with Crippen LogP contribution in [0, 0.1) is 0 Å². The maximum atomic E-state index is 12.5. The zero-order chi connectivity index (χ0) is 20.0. The summed E-state index contributed by atoms with van der Waals surface area (Å²) < 4.78 is 15.5. The summed E-state index contributed by atoms with van der Waals surface area (Å²) in [5, 5.41) is -0.508. The van der Waals surface area contributed by atoms with Crippen molar-refractivity contribution in [2.24, 2.45) is 0 Å². The van der Waals surface area contributed by atoms with Gasteiger partial charge in [-0.05, 0) is 48.9 Å². The highest BCUT2D eigenvalue weighted by Gasteiger charge is 2.36. The fourth-order valence-corrected chi connectivity index (χ4v) is 3.42. The molecule has 0 N–H and O–H groups in total. The summed E-state index contributed by atoms with van der Waals surface area (Å²) in [6, 6.07) is 3.55. The number of hydrogen-bond acceptors (Lipinski definition) is 7. The summed E-state index contributed by atoms with van der Waals surface area (Å²) in [5.74, 6) is -0.0580. The zero-order valence-corrected chi connectivity index (χ0v) is 16.3. The Hall–Kier alpha value is -2.74. The molecule has 27 heavy (non-hydrogen) atoms. The van der Waals surface area contributed by atoms with Crippen LogP contribution in [0.25, 0.3) is 6.08 Å². The normalized spacial score (nSPS) is 15.2. The van der Waals surface area contributed by atoms with Crippen molar-refractivity contribution in [2.75, 3.05) is 27.4 Å². The smallest absolute Gasteiger partial charge is 0.326 e. The number of carbonyl (C=O) groups excluding carboxylic acids is 3. The molecule has 144 valence electrons. The predicted molar refractivity (Wildman–Crippen MR) is 103 cm³/mol. The molecule has 0 aromatic heterocycles. The molecule has 2 rings (SSSR count). The second-order valence-electron chi connectivity index (χ2n) is 5.48. The van der Waals surface area contributed by atoms with Crippen LogP contribution in [0.3, 0.4) is 0 Å². The van der Waals surface area contributed by atoms with E-state index in [1.807, 2.05) is 6.07 Å². The molecule has 1 aromatic carbocycles. The van der Waals surface area contributed by atoms with Crippen molar-refractivity contribution in [1.82, 2.24) is 4.90 Å². The number of ether oxygens (including phenoxy) is 3. The molecular formula is C19H21NO6S. The molecule has 0 bridgehead atoms. The van der Waals surface area contributed by atoms with Crippen molar-refractivity contribution in [1.29, 1.82) is 0 Å². The van der Waals surface area contributed by atoms with Gasteiger partial charge in [0.15, 0.2) is 11.5 Å². The molecular weight excluding hydrogens is 370 g/mol. The van der Waals surface area contributed by atoms with E-state index in [1.54, 1.807) is 32.3 Å². The number of thioether (sulfide) groups is 1. The van der Waals surface area contributed by atoms with Gasteiger partial charge >= 0.3 is 5.97 Å². The van der Waals surface area contributed by atoms with Gasteiger partial charge in [0.05, 0.1) is 25.7 Å². The molecule has 8 heteroatoms. The Labute approximate surface area is 161 Å². The maximum Gasteiger partial charge on any atom is 0.326 e. The van der Waals surface area contributed by atoms with Gasteiger partial charge in [0, 0.05) is 5.56 Å². The van der Waals surface area contributed by atoms with Gasteiger partial charge in [0.25, 0.3) is 11.1 Å². The first kappa shape index (κ1) is 20.6. The summed E-state index contributed by atoms with van der Waals surface area (Å²) >= 11 is 0.778. The van der Waals surface area contributed by atoms with Crippen LogP contribution in [0.2, 0.25) is 0 Å². The highest BCUT2D eigenvalue weighted by molar-refractivity contribution is 8.18. The minimum absolute atomic E-state index is 0.183. The molecule has 1 heterocycles. The first-order valence-corrected chi connectivity index (χ1v) is 9.03. The number of benzene rings is 1. The molecule has 1 aromatic rings. The Morgan fingerprint density at radius 3 is 2.59 bits per heavy atom. The lowest BCUT2D eigenvalue weighted by molar-refractivity contribution is -0.145. The van der Waals surface area contributed by atoms with Crippen LogP contribution in [0.15, 0.2) is 29.7 Å². The number of methoxy groups -OCH3 is 2. The molecule has 0 saturated carbocycles. The van der Waals surface area contributed by atoms with Gasteiger partial charge < -0.3 is 14.2 Å². The number of rotatable bonds is 8. The lowest BCUT2D eigenvalue weighted by Crippen LogP contribution is -2.34. The molecule has 1 aliphatic rings. The van der Waals surface area contributed by atoms with E-state index in [4.69, 9.17) is 14.2 Å².